The van der Waals surface area contributed by atoms with Crippen molar-refractivity contribution in [3.05, 3.63) is 71.8 Å². The summed E-state index contributed by atoms with van der Waals surface area (Å²) in [7, 11) is 0. The Morgan fingerprint density at radius 2 is 1.39 bits per heavy atom. The van der Waals surface area contributed by atoms with Gasteiger partial charge in [0, 0.05) is 25.4 Å². The fourth-order valence-electron chi connectivity index (χ4n) is 4.84. The summed E-state index contributed by atoms with van der Waals surface area (Å²) in [5.74, 6) is -1.74. The van der Waals surface area contributed by atoms with E-state index in [1.54, 1.807) is 0 Å². The number of benzene rings is 2. The SMILES string of the molecule is CCCC[C@H](Cc1ccccc1)C(=O)NC(C(=O)N[C@@H](Cc1ccccc1)C(=O)NC(=O)N1CCOCC1)C(C)C. The smallest absolute Gasteiger partial charge is 0.324 e. The third-order valence-corrected chi connectivity index (χ3v) is 7.29. The predicted octanol–water partition coefficient (Wildman–Crippen LogP) is 3.47. The topological polar surface area (TPSA) is 117 Å². The van der Waals surface area contributed by atoms with E-state index in [0.717, 1.165) is 24.0 Å². The molecule has 1 saturated heterocycles. The summed E-state index contributed by atoms with van der Waals surface area (Å²) in [5, 5.41) is 8.25. The van der Waals surface area contributed by atoms with Gasteiger partial charge in [0.15, 0.2) is 0 Å². The van der Waals surface area contributed by atoms with E-state index in [4.69, 9.17) is 4.74 Å². The van der Waals surface area contributed by atoms with Crippen molar-refractivity contribution in [1.29, 1.82) is 0 Å². The van der Waals surface area contributed by atoms with E-state index < -0.39 is 29.9 Å². The van der Waals surface area contributed by atoms with Crippen LogP contribution in [0.15, 0.2) is 60.7 Å². The molecular weight excluding hydrogens is 520 g/mol. The molecule has 1 aliphatic rings. The quantitative estimate of drug-likeness (QED) is 0.345. The maximum absolute atomic E-state index is 13.6. The first-order valence-corrected chi connectivity index (χ1v) is 14.6. The lowest BCUT2D eigenvalue weighted by molar-refractivity contribution is -0.134. The van der Waals surface area contributed by atoms with Gasteiger partial charge >= 0.3 is 6.03 Å². The minimum Gasteiger partial charge on any atom is -0.378 e. The highest BCUT2D eigenvalue weighted by Crippen LogP contribution is 2.17. The minimum absolute atomic E-state index is 0.178. The number of unbranched alkanes of at least 4 members (excludes halogenated alkanes) is 1. The summed E-state index contributed by atoms with van der Waals surface area (Å²) >= 11 is 0. The molecule has 1 aliphatic heterocycles. The highest BCUT2D eigenvalue weighted by molar-refractivity contribution is 5.99. The number of amides is 5. The zero-order valence-corrected chi connectivity index (χ0v) is 24.4. The van der Waals surface area contributed by atoms with Crippen molar-refractivity contribution in [2.24, 2.45) is 11.8 Å². The molecule has 41 heavy (non-hydrogen) atoms. The molecular formula is C32H44N4O5. The number of hydrogen-bond acceptors (Lipinski definition) is 5. The zero-order valence-electron chi connectivity index (χ0n) is 24.4. The highest BCUT2D eigenvalue weighted by Gasteiger charge is 2.32. The first-order chi connectivity index (χ1) is 19.8. The van der Waals surface area contributed by atoms with Crippen LogP contribution in [0.2, 0.25) is 0 Å². The van der Waals surface area contributed by atoms with Crippen LogP contribution in [0.5, 0.6) is 0 Å². The van der Waals surface area contributed by atoms with Gasteiger partial charge in [0.1, 0.15) is 12.1 Å². The first kappa shape index (κ1) is 31.8. The molecule has 2 aromatic rings. The lowest BCUT2D eigenvalue weighted by Crippen LogP contribution is -2.58. The molecule has 9 nitrogen and oxygen atoms in total. The summed E-state index contributed by atoms with van der Waals surface area (Å²) in [6.45, 7) is 7.39. The predicted molar refractivity (Wildman–Crippen MR) is 158 cm³/mol. The summed E-state index contributed by atoms with van der Waals surface area (Å²) in [6, 6.07) is 16.8. The van der Waals surface area contributed by atoms with Crippen LogP contribution < -0.4 is 16.0 Å². The molecule has 5 amide bonds. The van der Waals surface area contributed by atoms with Crippen LogP contribution in [0.3, 0.4) is 0 Å². The van der Waals surface area contributed by atoms with Crippen molar-refractivity contribution in [2.75, 3.05) is 26.3 Å². The average molecular weight is 565 g/mol. The fraction of sp³-hybridized carbons (Fsp3) is 0.500. The van der Waals surface area contributed by atoms with Crippen molar-refractivity contribution in [3.63, 3.8) is 0 Å². The van der Waals surface area contributed by atoms with Crippen molar-refractivity contribution in [2.45, 2.75) is 65.0 Å². The molecule has 0 aliphatic carbocycles. The molecule has 0 saturated carbocycles. The summed E-state index contributed by atoms with van der Waals surface area (Å²) in [6.07, 6.45) is 3.36. The molecule has 3 atom stereocenters. The standard InChI is InChI=1S/C32H44N4O5/c1-4-5-16-26(21-24-12-8-6-9-13-24)29(37)34-28(23(2)3)31(39)33-27(22-25-14-10-7-11-15-25)30(38)35-32(40)36-17-19-41-20-18-36/h6-15,23,26-28H,4-5,16-22H2,1-3H3,(H,33,39)(H,34,37)(H,35,38,40)/t26-,27+,28?/m1/s1. The highest BCUT2D eigenvalue weighted by atomic mass is 16.5. The number of carbonyl (C=O) groups is 4. The van der Waals surface area contributed by atoms with Gasteiger partial charge in [-0.2, -0.15) is 0 Å². The van der Waals surface area contributed by atoms with Gasteiger partial charge in [0.05, 0.1) is 13.2 Å². The van der Waals surface area contributed by atoms with Crippen LogP contribution in [0.1, 0.15) is 51.2 Å². The third-order valence-electron chi connectivity index (χ3n) is 7.29. The first-order valence-electron chi connectivity index (χ1n) is 14.6. The molecule has 222 valence electrons. The summed E-state index contributed by atoms with van der Waals surface area (Å²) in [5.41, 5.74) is 1.90. The van der Waals surface area contributed by atoms with Gasteiger partial charge in [0.25, 0.3) is 5.91 Å². The molecule has 2 aromatic carbocycles. The Bertz CT molecular complexity index is 1120. The van der Waals surface area contributed by atoms with Crippen LogP contribution in [0.4, 0.5) is 4.79 Å². The Morgan fingerprint density at radius 1 is 0.805 bits per heavy atom. The molecule has 1 fully saturated rings. The van der Waals surface area contributed by atoms with Crippen molar-refractivity contribution < 1.29 is 23.9 Å². The molecule has 0 radical (unpaired) electrons. The second-order valence-corrected chi connectivity index (χ2v) is 10.9. The van der Waals surface area contributed by atoms with E-state index in [1.807, 2.05) is 74.5 Å². The second-order valence-electron chi connectivity index (χ2n) is 10.9. The van der Waals surface area contributed by atoms with Crippen LogP contribution in [0.25, 0.3) is 0 Å². The van der Waals surface area contributed by atoms with Crippen LogP contribution in [0, 0.1) is 11.8 Å². The summed E-state index contributed by atoms with van der Waals surface area (Å²) in [4.78, 5) is 54.6. The van der Waals surface area contributed by atoms with E-state index in [1.165, 1.54) is 4.90 Å². The number of carbonyl (C=O) groups excluding carboxylic acids is 4. The van der Waals surface area contributed by atoms with Gasteiger partial charge in [-0.3, -0.25) is 19.7 Å². The van der Waals surface area contributed by atoms with E-state index in [9.17, 15) is 19.2 Å². The van der Waals surface area contributed by atoms with E-state index in [2.05, 4.69) is 22.9 Å². The number of rotatable bonds is 13. The Balaban J connectivity index is 1.73. The average Bonchev–Trinajstić information content (AvgIpc) is 2.98. The van der Waals surface area contributed by atoms with E-state index in [-0.39, 0.29) is 24.2 Å². The number of nitrogens with one attached hydrogen (secondary N) is 3. The molecule has 0 bridgehead atoms. The number of hydrogen-bond donors (Lipinski definition) is 3. The lowest BCUT2D eigenvalue weighted by atomic mass is 9.92. The maximum atomic E-state index is 13.6. The largest absolute Gasteiger partial charge is 0.378 e. The monoisotopic (exact) mass is 564 g/mol. The van der Waals surface area contributed by atoms with Crippen molar-refractivity contribution >= 4 is 23.8 Å². The molecule has 0 spiro atoms. The van der Waals surface area contributed by atoms with Crippen LogP contribution in [-0.2, 0) is 32.0 Å². The van der Waals surface area contributed by atoms with Crippen molar-refractivity contribution in [3.8, 4) is 0 Å². The third kappa shape index (κ3) is 10.3. The molecule has 0 aromatic heterocycles. The number of morpholine rings is 1. The Kier molecular flexibility index (Phi) is 12.8. The van der Waals surface area contributed by atoms with Gasteiger partial charge < -0.3 is 20.3 Å². The Labute approximate surface area is 243 Å². The molecule has 9 heteroatoms. The second kappa shape index (κ2) is 16.5. The Morgan fingerprint density at radius 3 is 1.95 bits per heavy atom. The fourth-order valence-corrected chi connectivity index (χ4v) is 4.84. The number of nitrogens with zero attached hydrogens (tertiary/aromatic N) is 1. The minimum atomic E-state index is -1.01. The van der Waals surface area contributed by atoms with Gasteiger partial charge in [-0.25, -0.2) is 4.79 Å². The normalized spacial score (nSPS) is 15.5. The van der Waals surface area contributed by atoms with Gasteiger partial charge in [-0.15, -0.1) is 0 Å². The van der Waals surface area contributed by atoms with Crippen molar-refractivity contribution in [1.82, 2.24) is 20.9 Å². The van der Waals surface area contributed by atoms with E-state index in [0.29, 0.717) is 39.1 Å². The summed E-state index contributed by atoms with van der Waals surface area (Å²) < 4.78 is 5.29. The molecule has 3 N–H and O–H groups in total. The number of ether oxygens (including phenoxy) is 1. The molecule has 1 heterocycles. The van der Waals surface area contributed by atoms with E-state index >= 15 is 0 Å². The van der Waals surface area contributed by atoms with Crippen LogP contribution in [-0.4, -0.2) is 67.0 Å². The Hall–Kier alpha value is -3.72. The zero-order chi connectivity index (χ0) is 29.6. The molecule has 1 unspecified atom stereocenters. The number of urea groups is 1. The van der Waals surface area contributed by atoms with Crippen LogP contribution >= 0.6 is 0 Å². The maximum Gasteiger partial charge on any atom is 0.324 e. The lowest BCUT2D eigenvalue weighted by Gasteiger charge is -2.29. The van der Waals surface area contributed by atoms with Gasteiger partial charge in [0.2, 0.25) is 11.8 Å². The van der Waals surface area contributed by atoms with Gasteiger partial charge in [-0.05, 0) is 29.9 Å². The molecule has 3 rings (SSSR count). The van der Waals surface area contributed by atoms with Gasteiger partial charge in [-0.1, -0.05) is 94.3 Å². The number of imide groups is 1.